The van der Waals surface area contributed by atoms with Gasteiger partial charge in [0.25, 0.3) is 5.56 Å². The minimum absolute atomic E-state index is 0.0187. The monoisotopic (exact) mass is 382 g/mol. The van der Waals surface area contributed by atoms with Crippen LogP contribution in [0.15, 0.2) is 47.5 Å². The Hall–Kier alpha value is -2.93. The van der Waals surface area contributed by atoms with Crippen molar-refractivity contribution in [3.63, 3.8) is 0 Å². The predicted molar refractivity (Wildman–Crippen MR) is 106 cm³/mol. The number of rotatable bonds is 4. The Balaban J connectivity index is 1.52. The number of aromatic nitrogens is 2. The first-order chi connectivity index (χ1) is 13.5. The smallest absolute Gasteiger partial charge is 0.250 e. The fourth-order valence-electron chi connectivity index (χ4n) is 3.99. The molecule has 1 aliphatic rings. The molecule has 0 bridgehead atoms. The van der Waals surface area contributed by atoms with Gasteiger partial charge in [-0.2, -0.15) is 0 Å². The maximum atomic E-state index is 14.1. The third kappa shape index (κ3) is 3.45. The molecule has 3 heterocycles. The summed E-state index contributed by atoms with van der Waals surface area (Å²) in [4.78, 5) is 28.0. The van der Waals surface area contributed by atoms with E-state index in [-0.39, 0.29) is 35.7 Å². The molecule has 146 valence electrons. The number of amides is 1. The summed E-state index contributed by atoms with van der Waals surface area (Å²) < 4.78 is 15.7. The molecule has 3 aromatic rings. The number of aryl methyl sites for hydroxylation is 1. The van der Waals surface area contributed by atoms with Gasteiger partial charge in [0.1, 0.15) is 5.82 Å². The van der Waals surface area contributed by atoms with Gasteiger partial charge in [0.15, 0.2) is 0 Å². The SMILES string of the molecule is Cn1ccc(C2CCNCC2C(=O)NCc2c[nH]c3cccc(F)c23)cc1=O. The van der Waals surface area contributed by atoms with E-state index in [1.54, 1.807) is 37.6 Å². The first kappa shape index (κ1) is 18.4. The molecule has 28 heavy (non-hydrogen) atoms. The summed E-state index contributed by atoms with van der Waals surface area (Å²) in [6.07, 6.45) is 4.25. The molecule has 4 rings (SSSR count). The Bertz CT molecular complexity index is 1070. The third-order valence-electron chi connectivity index (χ3n) is 5.57. The average molecular weight is 382 g/mol. The van der Waals surface area contributed by atoms with Gasteiger partial charge in [0.2, 0.25) is 5.91 Å². The number of aromatic amines is 1. The van der Waals surface area contributed by atoms with Crippen molar-refractivity contribution >= 4 is 16.8 Å². The number of nitrogens with zero attached hydrogens (tertiary/aromatic N) is 1. The van der Waals surface area contributed by atoms with E-state index in [0.717, 1.165) is 24.1 Å². The van der Waals surface area contributed by atoms with Gasteiger partial charge in [-0.3, -0.25) is 9.59 Å². The van der Waals surface area contributed by atoms with Crippen LogP contribution in [0.4, 0.5) is 4.39 Å². The number of nitrogens with one attached hydrogen (secondary N) is 3. The maximum Gasteiger partial charge on any atom is 0.250 e. The number of carbonyl (C=O) groups is 1. The molecule has 6 nitrogen and oxygen atoms in total. The summed E-state index contributed by atoms with van der Waals surface area (Å²) >= 11 is 0. The van der Waals surface area contributed by atoms with Crippen LogP contribution in [0.1, 0.15) is 23.5 Å². The number of hydrogen-bond acceptors (Lipinski definition) is 3. The zero-order chi connectivity index (χ0) is 19.7. The molecule has 2 unspecified atom stereocenters. The lowest BCUT2D eigenvalue weighted by Crippen LogP contribution is -2.44. The van der Waals surface area contributed by atoms with E-state index >= 15 is 0 Å². The molecule has 2 atom stereocenters. The normalized spacial score (nSPS) is 19.6. The summed E-state index contributed by atoms with van der Waals surface area (Å²) in [6, 6.07) is 8.40. The van der Waals surface area contributed by atoms with E-state index in [1.165, 1.54) is 10.6 Å². The van der Waals surface area contributed by atoms with Crippen LogP contribution >= 0.6 is 0 Å². The van der Waals surface area contributed by atoms with Gasteiger partial charge in [-0.05, 0) is 48.2 Å². The lowest BCUT2D eigenvalue weighted by molar-refractivity contribution is -0.126. The largest absolute Gasteiger partial charge is 0.361 e. The number of pyridine rings is 1. The summed E-state index contributed by atoms with van der Waals surface area (Å²) in [5.41, 5.74) is 2.24. The first-order valence-electron chi connectivity index (χ1n) is 9.44. The quantitative estimate of drug-likeness (QED) is 0.646. The molecule has 1 fully saturated rings. The van der Waals surface area contributed by atoms with Crippen LogP contribution in [0.3, 0.4) is 0 Å². The van der Waals surface area contributed by atoms with Crippen LogP contribution < -0.4 is 16.2 Å². The molecule has 0 spiro atoms. The number of hydrogen-bond donors (Lipinski definition) is 3. The molecular weight excluding hydrogens is 359 g/mol. The van der Waals surface area contributed by atoms with E-state index < -0.39 is 0 Å². The number of halogens is 1. The Kier molecular flexibility index (Phi) is 5.00. The van der Waals surface area contributed by atoms with E-state index in [2.05, 4.69) is 15.6 Å². The van der Waals surface area contributed by atoms with Gasteiger partial charge in [-0.1, -0.05) is 6.07 Å². The maximum absolute atomic E-state index is 14.1. The van der Waals surface area contributed by atoms with Crippen molar-refractivity contribution in [1.29, 1.82) is 0 Å². The van der Waals surface area contributed by atoms with Crippen molar-refractivity contribution in [2.75, 3.05) is 13.1 Å². The van der Waals surface area contributed by atoms with Crippen molar-refractivity contribution < 1.29 is 9.18 Å². The standard InChI is InChI=1S/C21H23FN4O2/c1-26-8-6-13(9-19(26)27)15-5-7-23-12-16(15)21(28)25-11-14-10-24-18-4-2-3-17(22)20(14)18/h2-4,6,8-10,15-16,23-24H,5,7,11-12H2,1H3,(H,25,28). The van der Waals surface area contributed by atoms with Crippen LogP contribution in [0.25, 0.3) is 10.9 Å². The third-order valence-corrected chi connectivity index (χ3v) is 5.57. The van der Waals surface area contributed by atoms with E-state index in [1.807, 2.05) is 6.07 Å². The van der Waals surface area contributed by atoms with Gasteiger partial charge in [-0.15, -0.1) is 0 Å². The van der Waals surface area contributed by atoms with Gasteiger partial charge >= 0.3 is 0 Å². The molecule has 1 aromatic carbocycles. The second kappa shape index (κ2) is 7.59. The lowest BCUT2D eigenvalue weighted by Gasteiger charge is -2.31. The van der Waals surface area contributed by atoms with Gasteiger partial charge in [0, 0.05) is 49.5 Å². The second-order valence-electron chi connectivity index (χ2n) is 7.31. The lowest BCUT2D eigenvalue weighted by atomic mass is 9.81. The fourth-order valence-corrected chi connectivity index (χ4v) is 3.99. The van der Waals surface area contributed by atoms with Crippen LogP contribution in [0.5, 0.6) is 0 Å². The summed E-state index contributed by atoms with van der Waals surface area (Å²) in [6.45, 7) is 1.60. The Morgan fingerprint density at radius 1 is 1.36 bits per heavy atom. The summed E-state index contributed by atoms with van der Waals surface area (Å²) in [5.74, 6) is -0.699. The molecule has 2 aromatic heterocycles. The molecule has 1 saturated heterocycles. The zero-order valence-electron chi connectivity index (χ0n) is 15.7. The van der Waals surface area contributed by atoms with Crippen molar-refractivity contribution in [3.05, 3.63) is 70.0 Å². The molecule has 1 aliphatic heterocycles. The van der Waals surface area contributed by atoms with E-state index in [9.17, 15) is 14.0 Å². The van der Waals surface area contributed by atoms with Crippen molar-refractivity contribution in [1.82, 2.24) is 20.2 Å². The van der Waals surface area contributed by atoms with Crippen molar-refractivity contribution in [2.24, 2.45) is 13.0 Å². The number of carbonyl (C=O) groups excluding carboxylic acids is 1. The number of piperidine rings is 1. The molecule has 7 heteroatoms. The fraction of sp³-hybridized carbons (Fsp3) is 0.333. The highest BCUT2D eigenvalue weighted by atomic mass is 19.1. The number of benzene rings is 1. The van der Waals surface area contributed by atoms with Crippen LogP contribution in [0, 0.1) is 11.7 Å². The number of H-pyrrole nitrogens is 1. The minimum atomic E-state index is -0.305. The Morgan fingerprint density at radius 3 is 3.04 bits per heavy atom. The number of fused-ring (bicyclic) bond motifs is 1. The highest BCUT2D eigenvalue weighted by molar-refractivity contribution is 5.85. The van der Waals surface area contributed by atoms with Crippen LogP contribution in [-0.2, 0) is 18.4 Å². The average Bonchev–Trinajstić information content (AvgIpc) is 3.13. The van der Waals surface area contributed by atoms with Crippen LogP contribution in [0.2, 0.25) is 0 Å². The topological polar surface area (TPSA) is 78.9 Å². The highest BCUT2D eigenvalue weighted by Crippen LogP contribution is 2.30. The van der Waals surface area contributed by atoms with Gasteiger partial charge < -0.3 is 20.2 Å². The van der Waals surface area contributed by atoms with E-state index in [0.29, 0.717) is 17.4 Å². The predicted octanol–water partition coefficient (Wildman–Crippen LogP) is 2.02. The second-order valence-corrected chi connectivity index (χ2v) is 7.31. The van der Waals surface area contributed by atoms with Gasteiger partial charge in [0.05, 0.1) is 5.92 Å². The molecular formula is C21H23FN4O2. The van der Waals surface area contributed by atoms with Crippen molar-refractivity contribution in [3.8, 4) is 0 Å². The van der Waals surface area contributed by atoms with E-state index in [4.69, 9.17) is 0 Å². The highest BCUT2D eigenvalue weighted by Gasteiger charge is 2.32. The minimum Gasteiger partial charge on any atom is -0.361 e. The Morgan fingerprint density at radius 2 is 2.21 bits per heavy atom. The van der Waals surface area contributed by atoms with Crippen molar-refractivity contribution in [2.45, 2.75) is 18.9 Å². The first-order valence-corrected chi connectivity index (χ1v) is 9.44. The van der Waals surface area contributed by atoms with Gasteiger partial charge in [-0.25, -0.2) is 4.39 Å². The molecule has 0 aliphatic carbocycles. The molecule has 1 amide bonds. The molecule has 0 saturated carbocycles. The molecule has 0 radical (unpaired) electrons. The summed E-state index contributed by atoms with van der Waals surface area (Å²) in [5, 5.41) is 6.72. The molecule has 3 N–H and O–H groups in total. The Labute approximate surface area is 161 Å². The summed E-state index contributed by atoms with van der Waals surface area (Å²) in [7, 11) is 1.71. The van der Waals surface area contributed by atoms with Crippen LogP contribution in [-0.4, -0.2) is 28.5 Å². The zero-order valence-corrected chi connectivity index (χ0v) is 15.7.